The van der Waals surface area contributed by atoms with Crippen LogP contribution in [0.3, 0.4) is 0 Å². The van der Waals surface area contributed by atoms with E-state index in [0.717, 1.165) is 52.9 Å². The Hall–Kier alpha value is -3.18. The molecule has 0 aliphatic heterocycles. The average Bonchev–Trinajstić information content (AvgIpc) is 3.59. The van der Waals surface area contributed by atoms with Crippen LogP contribution in [0.2, 0.25) is 5.02 Å². The fraction of sp³-hybridized carbons (Fsp3) is 0.269. The van der Waals surface area contributed by atoms with Crippen molar-refractivity contribution < 1.29 is 4.79 Å². The van der Waals surface area contributed by atoms with Crippen LogP contribution >= 0.6 is 11.6 Å². The molecule has 0 radical (unpaired) electrons. The Morgan fingerprint density at radius 2 is 1.81 bits per heavy atom. The summed E-state index contributed by atoms with van der Waals surface area (Å²) in [5, 5.41) is 9.37. The number of aryl methyl sites for hydroxylation is 2. The average molecular weight is 445 g/mol. The molecule has 32 heavy (non-hydrogen) atoms. The number of pyridine rings is 1. The summed E-state index contributed by atoms with van der Waals surface area (Å²) in [6.07, 6.45) is 2.98. The number of carbonyl (C=O) groups excluding carboxylic acids is 1. The van der Waals surface area contributed by atoms with Gasteiger partial charge in [0.2, 0.25) is 0 Å². The number of hydrogen-bond acceptors (Lipinski definition) is 3. The summed E-state index contributed by atoms with van der Waals surface area (Å²) in [6.45, 7) is 4.55. The van der Waals surface area contributed by atoms with Crippen molar-refractivity contribution in [1.82, 2.24) is 20.1 Å². The summed E-state index contributed by atoms with van der Waals surface area (Å²) in [7, 11) is 0. The van der Waals surface area contributed by atoms with Gasteiger partial charge in [0.25, 0.3) is 5.91 Å². The number of halogens is 1. The fourth-order valence-electron chi connectivity index (χ4n) is 4.01. The van der Waals surface area contributed by atoms with E-state index in [1.165, 1.54) is 5.56 Å². The minimum Gasteiger partial charge on any atom is -0.352 e. The van der Waals surface area contributed by atoms with Crippen LogP contribution in [0.5, 0.6) is 0 Å². The molecule has 1 N–H and O–H groups in total. The van der Waals surface area contributed by atoms with Crippen LogP contribution in [0.15, 0.2) is 54.6 Å². The van der Waals surface area contributed by atoms with Gasteiger partial charge in [0.1, 0.15) is 0 Å². The van der Waals surface area contributed by atoms with Gasteiger partial charge < -0.3 is 5.32 Å². The second kappa shape index (κ2) is 8.40. The highest BCUT2D eigenvalue weighted by Crippen LogP contribution is 2.40. The Morgan fingerprint density at radius 1 is 1.09 bits per heavy atom. The first-order valence-corrected chi connectivity index (χ1v) is 11.4. The number of fused-ring (bicyclic) bond motifs is 1. The van der Waals surface area contributed by atoms with Crippen molar-refractivity contribution in [2.45, 2.75) is 39.0 Å². The number of benzene rings is 2. The summed E-state index contributed by atoms with van der Waals surface area (Å²) in [4.78, 5) is 18.2. The van der Waals surface area contributed by atoms with Gasteiger partial charge in [-0.05, 0) is 69.0 Å². The van der Waals surface area contributed by atoms with E-state index in [9.17, 15) is 4.79 Å². The molecule has 2 heterocycles. The lowest BCUT2D eigenvalue weighted by molar-refractivity contribution is 0.0955. The van der Waals surface area contributed by atoms with E-state index in [0.29, 0.717) is 23.0 Å². The predicted octanol–water partition coefficient (Wildman–Crippen LogP) is 5.54. The lowest BCUT2D eigenvalue weighted by atomic mass is 10.1. The van der Waals surface area contributed by atoms with Gasteiger partial charge in [0.15, 0.2) is 5.65 Å². The monoisotopic (exact) mass is 444 g/mol. The Balaban J connectivity index is 1.48. The summed E-state index contributed by atoms with van der Waals surface area (Å²) < 4.78 is 1.86. The molecule has 0 unspecified atom stereocenters. The molecule has 1 fully saturated rings. The summed E-state index contributed by atoms with van der Waals surface area (Å²) in [5.41, 5.74) is 6.46. The highest BCUT2D eigenvalue weighted by atomic mass is 35.5. The van der Waals surface area contributed by atoms with E-state index in [-0.39, 0.29) is 5.91 Å². The predicted molar refractivity (Wildman–Crippen MR) is 128 cm³/mol. The maximum absolute atomic E-state index is 13.2. The molecule has 2 aromatic heterocycles. The van der Waals surface area contributed by atoms with Gasteiger partial charge in [0.05, 0.1) is 22.3 Å². The summed E-state index contributed by atoms with van der Waals surface area (Å²) in [5.74, 6) is 0.349. The fourth-order valence-corrected chi connectivity index (χ4v) is 4.13. The van der Waals surface area contributed by atoms with Gasteiger partial charge in [-0.1, -0.05) is 41.4 Å². The number of nitrogens with one attached hydrogen (secondary N) is 1. The molecular formula is C26H25ClN4O. The molecule has 4 aromatic rings. The smallest absolute Gasteiger partial charge is 0.252 e. The van der Waals surface area contributed by atoms with Crippen LogP contribution in [0.1, 0.15) is 51.6 Å². The number of carbonyl (C=O) groups is 1. The van der Waals surface area contributed by atoms with Gasteiger partial charge >= 0.3 is 0 Å². The first kappa shape index (κ1) is 20.7. The minimum absolute atomic E-state index is 0.0835. The molecule has 5 nitrogen and oxygen atoms in total. The van der Waals surface area contributed by atoms with Crippen molar-refractivity contribution in [3.63, 3.8) is 0 Å². The number of nitrogens with zero attached hydrogens (tertiary/aromatic N) is 3. The molecule has 1 aliphatic rings. The Labute approximate surface area is 192 Å². The van der Waals surface area contributed by atoms with Crippen molar-refractivity contribution in [3.8, 4) is 5.69 Å². The van der Waals surface area contributed by atoms with Gasteiger partial charge in [0, 0.05) is 23.2 Å². The maximum atomic E-state index is 13.2. The molecule has 162 valence electrons. The molecule has 5 rings (SSSR count). The van der Waals surface area contributed by atoms with Crippen LogP contribution in [-0.2, 0) is 6.42 Å². The van der Waals surface area contributed by atoms with Crippen LogP contribution in [0, 0.1) is 13.8 Å². The third-order valence-corrected chi connectivity index (χ3v) is 6.22. The number of rotatable bonds is 6. The molecule has 1 amide bonds. The summed E-state index contributed by atoms with van der Waals surface area (Å²) >= 11 is 5.96. The quantitative estimate of drug-likeness (QED) is 0.424. The SMILES string of the molecule is Cc1ccc(-n2nc(C)c3c(C(=O)NCCc4ccc(Cl)cc4)cc(C4CC4)nc32)cc1. The van der Waals surface area contributed by atoms with Crippen LogP contribution in [-0.4, -0.2) is 27.2 Å². The van der Waals surface area contributed by atoms with Crippen LogP contribution < -0.4 is 5.32 Å². The van der Waals surface area contributed by atoms with E-state index >= 15 is 0 Å². The largest absolute Gasteiger partial charge is 0.352 e. The zero-order chi connectivity index (χ0) is 22.2. The number of aromatic nitrogens is 3. The van der Waals surface area contributed by atoms with Gasteiger partial charge in [-0.3, -0.25) is 4.79 Å². The van der Waals surface area contributed by atoms with Crippen molar-refractivity contribution >= 4 is 28.5 Å². The van der Waals surface area contributed by atoms with E-state index < -0.39 is 0 Å². The molecule has 1 aliphatic carbocycles. The van der Waals surface area contributed by atoms with Crippen molar-refractivity contribution in [2.24, 2.45) is 0 Å². The molecule has 0 saturated heterocycles. The van der Waals surface area contributed by atoms with Crippen LogP contribution in [0.25, 0.3) is 16.7 Å². The van der Waals surface area contributed by atoms with Crippen LogP contribution in [0.4, 0.5) is 0 Å². The molecule has 6 heteroatoms. The van der Waals surface area contributed by atoms with E-state index in [4.69, 9.17) is 21.7 Å². The molecular weight excluding hydrogens is 420 g/mol. The molecule has 0 atom stereocenters. The highest BCUT2D eigenvalue weighted by molar-refractivity contribution is 6.30. The zero-order valence-electron chi connectivity index (χ0n) is 18.2. The summed E-state index contributed by atoms with van der Waals surface area (Å²) in [6, 6.07) is 17.9. The Kier molecular flexibility index (Phi) is 5.43. The first-order chi connectivity index (χ1) is 15.5. The van der Waals surface area contributed by atoms with Gasteiger partial charge in [-0.15, -0.1) is 0 Å². The van der Waals surface area contributed by atoms with E-state index in [2.05, 4.69) is 24.4 Å². The molecule has 2 aromatic carbocycles. The Bertz CT molecular complexity index is 1290. The normalized spacial score (nSPS) is 13.5. The van der Waals surface area contributed by atoms with Crippen molar-refractivity contribution in [3.05, 3.63) is 87.7 Å². The topological polar surface area (TPSA) is 59.8 Å². The number of hydrogen-bond donors (Lipinski definition) is 1. The maximum Gasteiger partial charge on any atom is 0.252 e. The molecule has 0 bridgehead atoms. The van der Waals surface area contributed by atoms with Gasteiger partial charge in [-0.25, -0.2) is 9.67 Å². The highest BCUT2D eigenvalue weighted by Gasteiger charge is 2.29. The first-order valence-electron chi connectivity index (χ1n) is 11.0. The molecule has 0 spiro atoms. The number of amides is 1. The van der Waals surface area contributed by atoms with Gasteiger partial charge in [-0.2, -0.15) is 5.10 Å². The second-order valence-electron chi connectivity index (χ2n) is 8.53. The van der Waals surface area contributed by atoms with Crippen molar-refractivity contribution in [1.29, 1.82) is 0 Å². The second-order valence-corrected chi connectivity index (χ2v) is 8.97. The zero-order valence-corrected chi connectivity index (χ0v) is 19.0. The third-order valence-electron chi connectivity index (χ3n) is 5.96. The lowest BCUT2D eigenvalue weighted by Gasteiger charge is -2.10. The van der Waals surface area contributed by atoms with Crippen molar-refractivity contribution in [2.75, 3.05) is 6.54 Å². The third kappa shape index (κ3) is 4.13. The lowest BCUT2D eigenvalue weighted by Crippen LogP contribution is -2.26. The minimum atomic E-state index is -0.0835. The van der Waals surface area contributed by atoms with E-state index in [1.54, 1.807) is 0 Å². The van der Waals surface area contributed by atoms with E-state index in [1.807, 2.05) is 54.1 Å². The molecule has 1 saturated carbocycles. The Morgan fingerprint density at radius 3 is 2.50 bits per heavy atom. The standard InChI is InChI=1S/C26H25ClN4O/c1-16-3-11-21(12-4-16)31-25-24(17(2)30-31)22(15-23(29-25)19-7-8-19)26(32)28-14-13-18-5-9-20(27)10-6-18/h3-6,9-12,15,19H,7-8,13-14H2,1-2H3,(H,28,32).